The standard InChI is InChI=1S/C13H18N2O6S2/c1-9(13(16)17)15(2)23(20,21)12-5-3-4-11(8-12)22(18,19)14-10-6-7-10/h3-5,8-10,14H,6-7H2,1-2H3,(H,16,17). The Morgan fingerprint density at radius 3 is 2.35 bits per heavy atom. The molecule has 0 radical (unpaired) electrons. The van der Waals surface area contributed by atoms with Crippen LogP contribution in [0.1, 0.15) is 19.8 Å². The topological polar surface area (TPSA) is 121 Å². The average molecular weight is 362 g/mol. The second-order valence-corrected chi connectivity index (χ2v) is 9.12. The van der Waals surface area contributed by atoms with Crippen molar-refractivity contribution in [1.29, 1.82) is 0 Å². The van der Waals surface area contributed by atoms with Gasteiger partial charge in [-0.05, 0) is 38.0 Å². The number of carboxylic acid groups (broad SMARTS) is 1. The summed E-state index contributed by atoms with van der Waals surface area (Å²) < 4.78 is 52.4. The molecule has 0 aromatic heterocycles. The minimum atomic E-state index is -4.12. The van der Waals surface area contributed by atoms with Crippen molar-refractivity contribution in [3.63, 3.8) is 0 Å². The first-order valence-corrected chi connectivity index (χ1v) is 9.81. The van der Waals surface area contributed by atoms with Crippen molar-refractivity contribution in [3.05, 3.63) is 24.3 Å². The number of rotatable bonds is 7. The Balaban J connectivity index is 2.37. The third kappa shape index (κ3) is 3.89. The van der Waals surface area contributed by atoms with Crippen LogP contribution in [0.25, 0.3) is 0 Å². The van der Waals surface area contributed by atoms with Crippen LogP contribution in [-0.2, 0) is 24.8 Å². The normalized spacial score (nSPS) is 17.2. The summed E-state index contributed by atoms with van der Waals surface area (Å²) in [6, 6.07) is 3.50. The van der Waals surface area contributed by atoms with E-state index < -0.39 is 32.1 Å². The predicted molar refractivity (Wildman–Crippen MR) is 81.8 cm³/mol. The Labute approximate surface area is 135 Å². The molecule has 1 aromatic carbocycles. The molecule has 0 aliphatic heterocycles. The molecule has 0 spiro atoms. The van der Waals surface area contributed by atoms with Gasteiger partial charge in [0.1, 0.15) is 6.04 Å². The zero-order valence-electron chi connectivity index (χ0n) is 12.6. The van der Waals surface area contributed by atoms with Crippen LogP contribution < -0.4 is 4.72 Å². The van der Waals surface area contributed by atoms with E-state index in [9.17, 15) is 21.6 Å². The van der Waals surface area contributed by atoms with E-state index in [0.29, 0.717) is 4.31 Å². The first-order chi connectivity index (χ1) is 10.6. The van der Waals surface area contributed by atoms with Crippen LogP contribution in [-0.4, -0.2) is 51.3 Å². The van der Waals surface area contributed by atoms with Gasteiger partial charge in [-0.2, -0.15) is 4.31 Å². The molecule has 1 saturated carbocycles. The zero-order chi connectivity index (χ0) is 17.4. The Morgan fingerprint density at radius 1 is 1.26 bits per heavy atom. The Hall–Kier alpha value is -1.49. The molecule has 2 N–H and O–H groups in total. The summed E-state index contributed by atoms with van der Waals surface area (Å²) in [6.07, 6.45) is 1.52. The van der Waals surface area contributed by atoms with Crippen molar-refractivity contribution >= 4 is 26.0 Å². The van der Waals surface area contributed by atoms with E-state index in [1.807, 2.05) is 0 Å². The molecule has 1 fully saturated rings. The first kappa shape index (κ1) is 17.9. The van der Waals surface area contributed by atoms with Gasteiger partial charge < -0.3 is 5.11 Å². The summed E-state index contributed by atoms with van der Waals surface area (Å²) in [5.74, 6) is -1.30. The Kier molecular flexibility index (Phi) is 4.81. The number of nitrogens with one attached hydrogen (secondary N) is 1. The van der Waals surface area contributed by atoms with Gasteiger partial charge in [-0.25, -0.2) is 21.6 Å². The molecule has 0 amide bonds. The fourth-order valence-electron chi connectivity index (χ4n) is 1.82. The smallest absolute Gasteiger partial charge is 0.321 e. The molecule has 1 unspecified atom stereocenters. The van der Waals surface area contributed by atoms with E-state index in [1.54, 1.807) is 0 Å². The molecule has 10 heteroatoms. The number of hydrogen-bond acceptors (Lipinski definition) is 5. The lowest BCUT2D eigenvalue weighted by atomic mass is 10.4. The van der Waals surface area contributed by atoms with Crippen LogP contribution in [0.3, 0.4) is 0 Å². The molecule has 1 aliphatic carbocycles. The lowest BCUT2D eigenvalue weighted by Crippen LogP contribution is -2.40. The molecular weight excluding hydrogens is 344 g/mol. The average Bonchev–Trinajstić information content (AvgIpc) is 3.28. The molecule has 8 nitrogen and oxygen atoms in total. The first-order valence-electron chi connectivity index (χ1n) is 6.89. The fourth-order valence-corrected chi connectivity index (χ4v) is 4.61. The molecule has 1 aromatic rings. The van der Waals surface area contributed by atoms with Gasteiger partial charge in [0.15, 0.2) is 0 Å². The van der Waals surface area contributed by atoms with Crippen molar-refractivity contribution in [2.45, 2.75) is 41.6 Å². The molecule has 128 valence electrons. The minimum absolute atomic E-state index is 0.102. The van der Waals surface area contributed by atoms with Gasteiger partial charge in [0, 0.05) is 13.1 Å². The maximum Gasteiger partial charge on any atom is 0.321 e. The lowest BCUT2D eigenvalue weighted by Gasteiger charge is -2.21. The van der Waals surface area contributed by atoms with E-state index in [2.05, 4.69) is 4.72 Å². The molecule has 0 saturated heterocycles. The third-order valence-electron chi connectivity index (χ3n) is 3.59. The number of nitrogens with zero attached hydrogens (tertiary/aromatic N) is 1. The van der Waals surface area contributed by atoms with Crippen molar-refractivity contribution in [2.24, 2.45) is 0 Å². The van der Waals surface area contributed by atoms with Crippen LogP contribution in [0, 0.1) is 0 Å². The second kappa shape index (κ2) is 6.19. The van der Waals surface area contributed by atoms with Crippen LogP contribution in [0.2, 0.25) is 0 Å². The summed E-state index contributed by atoms with van der Waals surface area (Å²) in [7, 11) is -6.77. The fraction of sp³-hybridized carbons (Fsp3) is 0.462. The number of sulfonamides is 2. The number of hydrogen-bond donors (Lipinski definition) is 2. The Morgan fingerprint density at radius 2 is 1.83 bits per heavy atom. The summed E-state index contributed by atoms with van der Waals surface area (Å²) in [6.45, 7) is 1.23. The second-order valence-electron chi connectivity index (χ2n) is 5.41. The number of likely N-dealkylation sites (N-methyl/N-ethyl adjacent to an activating group) is 1. The molecule has 1 aliphatic rings. The van der Waals surface area contributed by atoms with E-state index in [0.717, 1.165) is 26.0 Å². The van der Waals surface area contributed by atoms with Crippen molar-refractivity contribution in [1.82, 2.24) is 9.03 Å². The molecule has 2 rings (SSSR count). The van der Waals surface area contributed by atoms with Gasteiger partial charge in [0.25, 0.3) is 0 Å². The van der Waals surface area contributed by atoms with Crippen molar-refractivity contribution in [2.75, 3.05) is 7.05 Å². The van der Waals surface area contributed by atoms with Gasteiger partial charge >= 0.3 is 5.97 Å². The number of carbonyl (C=O) groups is 1. The highest BCUT2D eigenvalue weighted by Crippen LogP contribution is 2.24. The van der Waals surface area contributed by atoms with Gasteiger partial charge in [-0.1, -0.05) is 6.07 Å². The highest BCUT2D eigenvalue weighted by atomic mass is 32.2. The summed E-state index contributed by atoms with van der Waals surface area (Å²) in [5, 5.41) is 8.94. The monoisotopic (exact) mass is 362 g/mol. The number of carboxylic acids is 1. The SMILES string of the molecule is CC(C(=O)O)N(C)S(=O)(=O)c1cccc(S(=O)(=O)NC2CC2)c1. The summed E-state index contributed by atoms with van der Waals surface area (Å²) >= 11 is 0. The van der Waals surface area contributed by atoms with E-state index in [1.165, 1.54) is 25.1 Å². The lowest BCUT2D eigenvalue weighted by molar-refractivity contribution is -0.140. The van der Waals surface area contributed by atoms with Gasteiger partial charge in [0.2, 0.25) is 20.0 Å². The predicted octanol–water partition coefficient (Wildman–Crippen LogP) is 0.221. The van der Waals surface area contributed by atoms with Crippen molar-refractivity contribution in [3.8, 4) is 0 Å². The molecule has 0 heterocycles. The van der Waals surface area contributed by atoms with Crippen LogP contribution in [0.4, 0.5) is 0 Å². The van der Waals surface area contributed by atoms with E-state index >= 15 is 0 Å². The highest BCUT2D eigenvalue weighted by molar-refractivity contribution is 7.90. The summed E-state index contributed by atoms with van der Waals surface area (Å²) in [5.41, 5.74) is 0. The minimum Gasteiger partial charge on any atom is -0.480 e. The van der Waals surface area contributed by atoms with E-state index in [-0.39, 0.29) is 15.8 Å². The summed E-state index contributed by atoms with van der Waals surface area (Å²) in [4.78, 5) is 10.5. The maximum absolute atomic E-state index is 12.4. The largest absolute Gasteiger partial charge is 0.480 e. The van der Waals surface area contributed by atoms with Gasteiger partial charge in [0.05, 0.1) is 9.79 Å². The maximum atomic E-state index is 12.4. The Bertz CT molecular complexity index is 815. The van der Waals surface area contributed by atoms with E-state index in [4.69, 9.17) is 5.11 Å². The number of aliphatic carboxylic acids is 1. The van der Waals surface area contributed by atoms with Crippen LogP contribution >= 0.6 is 0 Å². The zero-order valence-corrected chi connectivity index (χ0v) is 14.3. The molecule has 23 heavy (non-hydrogen) atoms. The molecule has 1 atom stereocenters. The number of benzene rings is 1. The van der Waals surface area contributed by atoms with Crippen molar-refractivity contribution < 1.29 is 26.7 Å². The van der Waals surface area contributed by atoms with Gasteiger partial charge in [-0.15, -0.1) is 0 Å². The molecule has 0 bridgehead atoms. The van der Waals surface area contributed by atoms with Gasteiger partial charge in [-0.3, -0.25) is 4.79 Å². The third-order valence-corrected chi connectivity index (χ3v) is 7.04. The van der Waals surface area contributed by atoms with Crippen LogP contribution in [0.15, 0.2) is 34.1 Å². The quantitative estimate of drug-likeness (QED) is 0.716. The highest BCUT2D eigenvalue weighted by Gasteiger charge is 2.32. The van der Waals surface area contributed by atoms with Crippen LogP contribution in [0.5, 0.6) is 0 Å². The molecular formula is C13H18N2O6S2.